The van der Waals surface area contributed by atoms with Crippen LogP contribution in [0.15, 0.2) is 24.3 Å². The van der Waals surface area contributed by atoms with Gasteiger partial charge in [0.2, 0.25) is 0 Å². The molecule has 2 aliphatic heterocycles. The van der Waals surface area contributed by atoms with Crippen LogP contribution >= 0.6 is 0 Å². The minimum absolute atomic E-state index is 0.0271. The van der Waals surface area contributed by atoms with Crippen molar-refractivity contribution in [3.05, 3.63) is 24.3 Å². The number of ether oxygens (including phenoxy) is 1. The largest absolute Gasteiger partial charge is 0.495 e. The highest BCUT2D eigenvalue weighted by Crippen LogP contribution is 2.29. The molecule has 102 valence electrons. The van der Waals surface area contributed by atoms with E-state index in [-0.39, 0.29) is 6.03 Å². The van der Waals surface area contributed by atoms with Crippen LogP contribution < -0.4 is 15.4 Å². The Kier molecular flexibility index (Phi) is 3.29. The zero-order valence-electron chi connectivity index (χ0n) is 11.1. The van der Waals surface area contributed by atoms with Crippen LogP contribution in [-0.2, 0) is 0 Å². The molecule has 2 fully saturated rings. The molecule has 2 heterocycles. The second kappa shape index (κ2) is 5.09. The molecule has 1 aromatic rings. The van der Waals surface area contributed by atoms with Crippen molar-refractivity contribution in [3.63, 3.8) is 0 Å². The lowest BCUT2D eigenvalue weighted by molar-refractivity contribution is 0.206. The van der Waals surface area contributed by atoms with Crippen molar-refractivity contribution in [1.29, 1.82) is 0 Å². The molecule has 3 rings (SSSR count). The number of hydrogen-bond acceptors (Lipinski definition) is 3. The number of carbonyl (C=O) groups is 1. The minimum Gasteiger partial charge on any atom is -0.495 e. The van der Waals surface area contributed by atoms with Gasteiger partial charge in [0.25, 0.3) is 0 Å². The summed E-state index contributed by atoms with van der Waals surface area (Å²) in [5, 5.41) is 6.30. The van der Waals surface area contributed by atoms with E-state index in [0.717, 1.165) is 31.7 Å². The number of nitrogens with zero attached hydrogens (tertiary/aromatic N) is 1. The molecule has 0 radical (unpaired) electrons. The summed E-state index contributed by atoms with van der Waals surface area (Å²) in [5.74, 6) is 1.31. The van der Waals surface area contributed by atoms with Gasteiger partial charge in [-0.05, 0) is 24.5 Å². The summed E-state index contributed by atoms with van der Waals surface area (Å²) in [6, 6.07) is 7.80. The fraction of sp³-hybridized carbons (Fsp3) is 0.500. The number of para-hydroxylation sites is 2. The molecule has 2 amide bonds. The van der Waals surface area contributed by atoms with Gasteiger partial charge in [-0.3, -0.25) is 0 Å². The Hall–Kier alpha value is -1.75. The third-order valence-electron chi connectivity index (χ3n) is 4.05. The Morgan fingerprint density at radius 2 is 2.26 bits per heavy atom. The van der Waals surface area contributed by atoms with Gasteiger partial charge < -0.3 is 20.3 Å². The molecule has 0 spiro atoms. The van der Waals surface area contributed by atoms with Gasteiger partial charge in [-0.2, -0.15) is 0 Å². The molecular weight excluding hydrogens is 242 g/mol. The molecule has 0 bridgehead atoms. The molecule has 0 saturated carbocycles. The van der Waals surface area contributed by atoms with Crippen LogP contribution in [0, 0.1) is 5.92 Å². The minimum atomic E-state index is -0.0271. The van der Waals surface area contributed by atoms with E-state index in [0.29, 0.717) is 17.7 Å². The van der Waals surface area contributed by atoms with Crippen molar-refractivity contribution in [2.45, 2.75) is 12.5 Å². The fourth-order valence-electron chi connectivity index (χ4n) is 3.04. The van der Waals surface area contributed by atoms with E-state index in [1.807, 2.05) is 29.2 Å². The predicted molar refractivity (Wildman–Crippen MR) is 73.5 cm³/mol. The number of methoxy groups -OCH3 is 1. The van der Waals surface area contributed by atoms with Crippen molar-refractivity contribution >= 4 is 11.7 Å². The fourth-order valence-corrected chi connectivity index (χ4v) is 3.04. The Balaban J connectivity index is 1.71. The molecule has 0 aliphatic carbocycles. The van der Waals surface area contributed by atoms with Gasteiger partial charge in [0, 0.05) is 25.7 Å². The summed E-state index contributed by atoms with van der Waals surface area (Å²) < 4.78 is 5.25. The van der Waals surface area contributed by atoms with Crippen LogP contribution in [0.4, 0.5) is 10.5 Å². The first-order valence-electron chi connectivity index (χ1n) is 6.71. The molecule has 5 heteroatoms. The lowest BCUT2D eigenvalue weighted by atomic mass is 10.1. The number of carbonyl (C=O) groups excluding carboxylic acids is 1. The number of amides is 2. The molecule has 19 heavy (non-hydrogen) atoms. The molecule has 2 N–H and O–H groups in total. The first-order chi connectivity index (χ1) is 9.29. The van der Waals surface area contributed by atoms with Gasteiger partial charge in [-0.25, -0.2) is 4.79 Å². The van der Waals surface area contributed by atoms with E-state index in [4.69, 9.17) is 4.74 Å². The zero-order valence-corrected chi connectivity index (χ0v) is 11.1. The first-order valence-corrected chi connectivity index (χ1v) is 6.71. The molecule has 1 aromatic carbocycles. The smallest absolute Gasteiger partial charge is 0.322 e. The van der Waals surface area contributed by atoms with Crippen LogP contribution in [0.2, 0.25) is 0 Å². The Morgan fingerprint density at radius 3 is 3.11 bits per heavy atom. The topological polar surface area (TPSA) is 53.6 Å². The van der Waals surface area contributed by atoms with Crippen molar-refractivity contribution in [3.8, 4) is 5.75 Å². The maximum absolute atomic E-state index is 12.4. The predicted octanol–water partition coefficient (Wildman–Crippen LogP) is 1.52. The van der Waals surface area contributed by atoms with Crippen molar-refractivity contribution in [2.75, 3.05) is 32.1 Å². The number of rotatable bonds is 2. The molecule has 2 saturated heterocycles. The maximum Gasteiger partial charge on any atom is 0.322 e. The summed E-state index contributed by atoms with van der Waals surface area (Å²) in [4.78, 5) is 14.3. The summed E-state index contributed by atoms with van der Waals surface area (Å²) in [5.41, 5.74) is 0.726. The van der Waals surface area contributed by atoms with Gasteiger partial charge >= 0.3 is 6.03 Å². The number of benzene rings is 1. The highest BCUT2D eigenvalue weighted by Gasteiger charge is 2.39. The number of fused-ring (bicyclic) bond motifs is 1. The Bertz CT molecular complexity index is 478. The third kappa shape index (κ3) is 2.26. The molecule has 2 atom stereocenters. The van der Waals surface area contributed by atoms with Crippen molar-refractivity contribution in [1.82, 2.24) is 10.2 Å². The molecule has 2 aliphatic rings. The second-order valence-electron chi connectivity index (χ2n) is 5.10. The lowest BCUT2D eigenvalue weighted by Gasteiger charge is -2.24. The van der Waals surface area contributed by atoms with E-state index < -0.39 is 0 Å². The highest BCUT2D eigenvalue weighted by atomic mass is 16.5. The average Bonchev–Trinajstić information content (AvgIpc) is 3.01. The molecule has 5 nitrogen and oxygen atoms in total. The lowest BCUT2D eigenvalue weighted by Crippen LogP contribution is -2.41. The van der Waals surface area contributed by atoms with Crippen molar-refractivity contribution in [2.24, 2.45) is 5.92 Å². The summed E-state index contributed by atoms with van der Waals surface area (Å²) >= 11 is 0. The van der Waals surface area contributed by atoms with Gasteiger partial charge in [0.1, 0.15) is 5.75 Å². The average molecular weight is 261 g/mol. The monoisotopic (exact) mass is 261 g/mol. The normalized spacial score (nSPS) is 25.2. The van der Waals surface area contributed by atoms with Gasteiger partial charge in [-0.15, -0.1) is 0 Å². The number of anilines is 1. The van der Waals surface area contributed by atoms with Crippen molar-refractivity contribution < 1.29 is 9.53 Å². The number of nitrogens with one attached hydrogen (secondary N) is 2. The van der Waals surface area contributed by atoms with E-state index in [2.05, 4.69) is 10.6 Å². The third-order valence-corrected chi connectivity index (χ3v) is 4.05. The van der Waals surface area contributed by atoms with E-state index in [1.54, 1.807) is 7.11 Å². The standard InChI is InChI=1S/C14H19N3O2/c1-19-13-5-3-2-4-11(13)16-14(18)17-7-6-10-8-15-9-12(10)17/h2-5,10,12,15H,6-9H2,1H3,(H,16,18)/t10-,12+/m0/s1. The second-order valence-corrected chi connectivity index (χ2v) is 5.10. The van der Waals surface area contributed by atoms with Crippen LogP contribution in [-0.4, -0.2) is 43.7 Å². The summed E-state index contributed by atoms with van der Waals surface area (Å²) in [6.45, 7) is 2.78. The van der Waals surface area contributed by atoms with E-state index in [9.17, 15) is 4.79 Å². The number of hydrogen-bond donors (Lipinski definition) is 2. The maximum atomic E-state index is 12.4. The van der Waals surface area contributed by atoms with E-state index in [1.165, 1.54) is 0 Å². The Morgan fingerprint density at radius 1 is 1.42 bits per heavy atom. The zero-order chi connectivity index (χ0) is 13.2. The van der Waals surface area contributed by atoms with Gasteiger partial charge in [0.05, 0.1) is 12.8 Å². The summed E-state index contributed by atoms with van der Waals surface area (Å²) in [7, 11) is 1.61. The van der Waals surface area contributed by atoms with Crippen LogP contribution in [0.25, 0.3) is 0 Å². The summed E-state index contributed by atoms with van der Waals surface area (Å²) in [6.07, 6.45) is 1.09. The number of urea groups is 1. The molecule has 0 unspecified atom stereocenters. The quantitative estimate of drug-likeness (QED) is 0.848. The van der Waals surface area contributed by atoms with Gasteiger partial charge in [0.15, 0.2) is 0 Å². The highest BCUT2D eigenvalue weighted by molar-refractivity contribution is 5.91. The van der Waals surface area contributed by atoms with Crippen LogP contribution in [0.5, 0.6) is 5.75 Å². The number of likely N-dealkylation sites (tertiary alicyclic amines) is 1. The van der Waals surface area contributed by atoms with Gasteiger partial charge in [-0.1, -0.05) is 12.1 Å². The first kappa shape index (κ1) is 12.3. The SMILES string of the molecule is COc1ccccc1NC(=O)N1CC[C@H]2CNC[C@H]21. The molecule has 0 aromatic heterocycles. The van der Waals surface area contributed by atoms with Crippen LogP contribution in [0.3, 0.4) is 0 Å². The van der Waals surface area contributed by atoms with Crippen LogP contribution in [0.1, 0.15) is 6.42 Å². The van der Waals surface area contributed by atoms with E-state index >= 15 is 0 Å². The Labute approximate surface area is 112 Å². The molecular formula is C14H19N3O2.